The molecule has 0 bridgehead atoms. The van der Waals surface area contributed by atoms with Gasteiger partial charge in [-0.3, -0.25) is 9.40 Å². The van der Waals surface area contributed by atoms with Gasteiger partial charge < -0.3 is 5.11 Å². The molecule has 2 rings (SSSR count). The molecule has 2 heterocycles. The molecule has 112 valence electrons. The van der Waals surface area contributed by atoms with Crippen LogP contribution in [0.2, 0.25) is 0 Å². The lowest BCUT2D eigenvalue weighted by Crippen LogP contribution is -2.18. The lowest BCUT2D eigenvalue weighted by Gasteiger charge is -2.09. The molecule has 0 amide bonds. The average molecular weight is 310 g/mol. The van der Waals surface area contributed by atoms with Crippen molar-refractivity contribution in [1.29, 1.82) is 0 Å². The minimum absolute atomic E-state index is 0.0204. The lowest BCUT2D eigenvalue weighted by atomic mass is 10.3. The van der Waals surface area contributed by atoms with Gasteiger partial charge in [-0.1, -0.05) is 0 Å². The van der Waals surface area contributed by atoms with Gasteiger partial charge in [0, 0.05) is 13.2 Å². The summed E-state index contributed by atoms with van der Waals surface area (Å²) in [5, 5.41) is 13.1. The van der Waals surface area contributed by atoms with E-state index in [2.05, 4.69) is 14.8 Å². The quantitative estimate of drug-likeness (QED) is 0.868. The number of pyridine rings is 1. The molecule has 8 nitrogen and oxygen atoms in total. The first-order chi connectivity index (χ1) is 9.74. The van der Waals surface area contributed by atoms with Crippen LogP contribution in [0.1, 0.15) is 21.7 Å². The number of nitrogens with zero attached hydrogens (tertiary/aromatic N) is 3. The maximum atomic E-state index is 12.4. The molecule has 9 heteroatoms. The number of sulfonamides is 1. The second-order valence-corrected chi connectivity index (χ2v) is 6.05. The highest BCUT2D eigenvalue weighted by Gasteiger charge is 2.26. The van der Waals surface area contributed by atoms with Crippen LogP contribution in [0.25, 0.3) is 0 Å². The zero-order valence-corrected chi connectivity index (χ0v) is 12.5. The van der Waals surface area contributed by atoms with Crippen LogP contribution in [-0.4, -0.2) is 34.3 Å². The molecule has 2 aromatic rings. The molecule has 0 spiro atoms. The van der Waals surface area contributed by atoms with E-state index in [0.717, 1.165) is 0 Å². The number of hydrogen-bond donors (Lipinski definition) is 2. The minimum atomic E-state index is -3.97. The van der Waals surface area contributed by atoms with E-state index in [-0.39, 0.29) is 16.3 Å². The van der Waals surface area contributed by atoms with E-state index in [1.165, 1.54) is 23.0 Å². The zero-order valence-electron chi connectivity index (χ0n) is 11.7. The second-order valence-electron chi connectivity index (χ2n) is 4.43. The van der Waals surface area contributed by atoms with E-state index < -0.39 is 16.0 Å². The Balaban J connectivity index is 2.50. The monoisotopic (exact) mass is 310 g/mol. The number of carbonyl (C=O) groups is 1. The molecule has 21 heavy (non-hydrogen) atoms. The summed E-state index contributed by atoms with van der Waals surface area (Å²) in [7, 11) is -2.34. The largest absolute Gasteiger partial charge is 0.478 e. The molecule has 0 aromatic carbocycles. The molecule has 0 aliphatic rings. The van der Waals surface area contributed by atoms with Crippen LogP contribution in [0.5, 0.6) is 0 Å². The van der Waals surface area contributed by atoms with Crippen molar-refractivity contribution in [2.45, 2.75) is 18.7 Å². The molecule has 0 atom stereocenters. The van der Waals surface area contributed by atoms with E-state index in [4.69, 9.17) is 5.11 Å². The molecule has 0 saturated carbocycles. The zero-order chi connectivity index (χ0) is 15.8. The van der Waals surface area contributed by atoms with Crippen LogP contribution in [0.3, 0.4) is 0 Å². The van der Waals surface area contributed by atoms with Gasteiger partial charge in [-0.2, -0.15) is 5.10 Å². The molecular formula is C12H14N4O4S. The Bertz CT molecular complexity index is 811. The summed E-state index contributed by atoms with van der Waals surface area (Å²) in [6, 6.07) is 2.69. The van der Waals surface area contributed by atoms with E-state index in [9.17, 15) is 13.2 Å². The molecule has 0 fully saturated rings. The number of aromatic nitrogens is 3. The number of anilines is 1. The Hall–Kier alpha value is -2.42. The Kier molecular flexibility index (Phi) is 3.69. The molecule has 0 saturated heterocycles. The normalized spacial score (nSPS) is 11.4. The molecule has 0 unspecified atom stereocenters. The third kappa shape index (κ3) is 2.72. The summed E-state index contributed by atoms with van der Waals surface area (Å²) in [6.07, 6.45) is 1.31. The Morgan fingerprint density at radius 2 is 2.05 bits per heavy atom. The molecular weight excluding hydrogens is 296 g/mol. The third-order valence-corrected chi connectivity index (χ3v) is 4.57. The standard InChI is InChI=1S/C12H14N4O4S/c1-7-10(8(2)16(3)14-7)21(19,20)15-11-9(12(17)18)5-4-6-13-11/h4-6H,1-3H3,(H,13,15)(H,17,18). The second kappa shape index (κ2) is 5.17. The Morgan fingerprint density at radius 3 is 2.57 bits per heavy atom. The molecule has 2 N–H and O–H groups in total. The summed E-state index contributed by atoms with van der Waals surface area (Å²) in [5.41, 5.74) is 0.559. The average Bonchev–Trinajstić information content (AvgIpc) is 2.63. The van der Waals surface area contributed by atoms with Crippen molar-refractivity contribution in [1.82, 2.24) is 14.8 Å². The highest BCUT2D eigenvalue weighted by Crippen LogP contribution is 2.22. The summed E-state index contributed by atoms with van der Waals surface area (Å²) < 4.78 is 28.5. The fraction of sp³-hybridized carbons (Fsp3) is 0.250. The van der Waals surface area contributed by atoms with Gasteiger partial charge in [0.15, 0.2) is 5.82 Å². The first kappa shape index (κ1) is 15.0. The number of aryl methyl sites for hydroxylation is 2. The van der Waals surface area contributed by atoms with Crippen molar-refractivity contribution in [3.05, 3.63) is 35.3 Å². The van der Waals surface area contributed by atoms with Crippen molar-refractivity contribution < 1.29 is 18.3 Å². The molecule has 0 aliphatic heterocycles. The van der Waals surface area contributed by atoms with Gasteiger partial charge in [0.05, 0.1) is 11.4 Å². The fourth-order valence-corrected chi connectivity index (χ4v) is 3.45. The van der Waals surface area contributed by atoms with Gasteiger partial charge >= 0.3 is 5.97 Å². The van der Waals surface area contributed by atoms with Crippen LogP contribution >= 0.6 is 0 Å². The van der Waals surface area contributed by atoms with Gasteiger partial charge in [0.2, 0.25) is 0 Å². The van der Waals surface area contributed by atoms with Crippen LogP contribution in [0, 0.1) is 13.8 Å². The van der Waals surface area contributed by atoms with E-state index in [1.807, 2.05) is 0 Å². The Morgan fingerprint density at radius 1 is 1.38 bits per heavy atom. The summed E-state index contributed by atoms with van der Waals surface area (Å²) in [6.45, 7) is 3.18. The third-order valence-electron chi connectivity index (χ3n) is 2.98. The van der Waals surface area contributed by atoms with Crippen molar-refractivity contribution in [3.63, 3.8) is 0 Å². The fourth-order valence-electron chi connectivity index (χ4n) is 1.98. The summed E-state index contributed by atoms with van der Waals surface area (Å²) in [4.78, 5) is 14.9. The number of carboxylic acids is 1. The predicted molar refractivity (Wildman–Crippen MR) is 74.7 cm³/mol. The highest BCUT2D eigenvalue weighted by molar-refractivity contribution is 7.92. The van der Waals surface area contributed by atoms with Gasteiger partial charge in [0.25, 0.3) is 10.0 Å². The smallest absolute Gasteiger partial charge is 0.339 e. The Labute approximate surface area is 121 Å². The van der Waals surface area contributed by atoms with Gasteiger partial charge in [-0.15, -0.1) is 0 Å². The first-order valence-corrected chi connectivity index (χ1v) is 7.43. The highest BCUT2D eigenvalue weighted by atomic mass is 32.2. The van der Waals surface area contributed by atoms with E-state index in [0.29, 0.717) is 11.4 Å². The van der Waals surface area contributed by atoms with E-state index in [1.54, 1.807) is 20.9 Å². The van der Waals surface area contributed by atoms with Gasteiger partial charge in [-0.05, 0) is 26.0 Å². The van der Waals surface area contributed by atoms with Crippen molar-refractivity contribution >= 4 is 21.8 Å². The SMILES string of the molecule is Cc1nn(C)c(C)c1S(=O)(=O)Nc1ncccc1C(=O)O. The van der Waals surface area contributed by atoms with Crippen LogP contribution < -0.4 is 4.72 Å². The maximum Gasteiger partial charge on any atom is 0.339 e. The number of carboxylic acid groups (broad SMARTS) is 1. The minimum Gasteiger partial charge on any atom is -0.478 e. The van der Waals surface area contributed by atoms with Crippen LogP contribution in [-0.2, 0) is 17.1 Å². The van der Waals surface area contributed by atoms with Crippen molar-refractivity contribution in [3.8, 4) is 0 Å². The van der Waals surface area contributed by atoms with Crippen LogP contribution in [0.15, 0.2) is 23.2 Å². The maximum absolute atomic E-state index is 12.4. The predicted octanol–water partition coefficient (Wildman–Crippen LogP) is 0.931. The number of hydrogen-bond acceptors (Lipinski definition) is 5. The van der Waals surface area contributed by atoms with Gasteiger partial charge in [0.1, 0.15) is 10.5 Å². The molecule has 0 aliphatic carbocycles. The number of rotatable bonds is 4. The molecule has 0 radical (unpaired) electrons. The summed E-state index contributed by atoms with van der Waals surface area (Å²) in [5.74, 6) is -1.49. The topological polar surface area (TPSA) is 114 Å². The van der Waals surface area contributed by atoms with Gasteiger partial charge in [-0.25, -0.2) is 18.2 Å². The summed E-state index contributed by atoms with van der Waals surface area (Å²) >= 11 is 0. The van der Waals surface area contributed by atoms with Crippen LogP contribution in [0.4, 0.5) is 5.82 Å². The number of nitrogens with one attached hydrogen (secondary N) is 1. The lowest BCUT2D eigenvalue weighted by molar-refractivity contribution is 0.0697. The van der Waals surface area contributed by atoms with Crippen molar-refractivity contribution in [2.24, 2.45) is 7.05 Å². The van der Waals surface area contributed by atoms with Crippen molar-refractivity contribution in [2.75, 3.05) is 4.72 Å². The molecule has 2 aromatic heterocycles. The number of aromatic carboxylic acids is 1. The van der Waals surface area contributed by atoms with E-state index >= 15 is 0 Å². The first-order valence-electron chi connectivity index (χ1n) is 5.95.